The van der Waals surface area contributed by atoms with E-state index >= 15 is 0 Å². The Labute approximate surface area is 191 Å². The first-order chi connectivity index (χ1) is 15.8. The van der Waals surface area contributed by atoms with Crippen LogP contribution in [-0.2, 0) is 14.8 Å². The van der Waals surface area contributed by atoms with E-state index in [0.29, 0.717) is 21.5 Å². The quantitative estimate of drug-likeness (QED) is 0.509. The summed E-state index contributed by atoms with van der Waals surface area (Å²) in [6, 6.07) is 15.9. The zero-order valence-electron chi connectivity index (χ0n) is 18.2. The number of carbonyl (C=O) groups is 1. The maximum absolute atomic E-state index is 14.6. The number of sulfonamides is 1. The minimum atomic E-state index is -4.37. The van der Waals surface area contributed by atoms with Crippen LogP contribution in [0, 0.1) is 5.82 Å². The number of nitrogens with zero attached hydrogens (tertiary/aromatic N) is 1. The van der Waals surface area contributed by atoms with Crippen molar-refractivity contribution in [2.24, 2.45) is 0 Å². The van der Waals surface area contributed by atoms with Gasteiger partial charge < -0.3 is 19.5 Å². The van der Waals surface area contributed by atoms with Crippen molar-refractivity contribution in [3.63, 3.8) is 0 Å². The third-order valence-corrected chi connectivity index (χ3v) is 6.49. The van der Waals surface area contributed by atoms with Crippen molar-refractivity contribution in [3.05, 3.63) is 72.5 Å². The smallest absolute Gasteiger partial charge is 0.265 e. The van der Waals surface area contributed by atoms with Crippen molar-refractivity contribution < 1.29 is 31.8 Å². The molecule has 0 unspecified atom stereocenters. The number of nitrogens with one attached hydrogen (secondary N) is 1. The molecule has 0 spiro atoms. The highest BCUT2D eigenvalue weighted by Gasteiger charge is 2.30. The van der Waals surface area contributed by atoms with Crippen molar-refractivity contribution in [1.82, 2.24) is 0 Å². The third-order valence-electron chi connectivity index (χ3n) is 4.73. The van der Waals surface area contributed by atoms with Crippen molar-refractivity contribution in [2.45, 2.75) is 4.90 Å². The summed E-state index contributed by atoms with van der Waals surface area (Å²) in [6.45, 7) is -0.685. The average Bonchev–Trinajstić information content (AvgIpc) is 2.82. The summed E-state index contributed by atoms with van der Waals surface area (Å²) >= 11 is 0. The highest BCUT2D eigenvalue weighted by molar-refractivity contribution is 7.92. The van der Waals surface area contributed by atoms with E-state index in [0.717, 1.165) is 6.07 Å². The number of para-hydroxylation sites is 3. The van der Waals surface area contributed by atoms with Crippen LogP contribution in [0.4, 0.5) is 15.8 Å². The highest BCUT2D eigenvalue weighted by Crippen LogP contribution is 2.33. The Bertz CT molecular complexity index is 1250. The normalized spacial score (nSPS) is 10.9. The second kappa shape index (κ2) is 10.2. The predicted molar refractivity (Wildman–Crippen MR) is 122 cm³/mol. The number of methoxy groups -OCH3 is 3. The van der Waals surface area contributed by atoms with Gasteiger partial charge >= 0.3 is 0 Å². The van der Waals surface area contributed by atoms with Gasteiger partial charge in [0.25, 0.3) is 10.0 Å². The number of halogens is 1. The number of amides is 1. The Morgan fingerprint density at radius 2 is 1.52 bits per heavy atom. The Hall–Kier alpha value is -3.79. The van der Waals surface area contributed by atoms with E-state index in [4.69, 9.17) is 14.2 Å². The van der Waals surface area contributed by atoms with Gasteiger partial charge in [0.15, 0.2) is 11.5 Å². The molecule has 0 aliphatic carbocycles. The maximum atomic E-state index is 14.6. The van der Waals surface area contributed by atoms with Gasteiger partial charge in [-0.2, -0.15) is 0 Å². The van der Waals surface area contributed by atoms with E-state index in [1.54, 1.807) is 24.3 Å². The Balaban J connectivity index is 2.02. The van der Waals surface area contributed by atoms with E-state index in [-0.39, 0.29) is 16.3 Å². The molecule has 1 N–H and O–H groups in total. The molecule has 0 bridgehead atoms. The fourth-order valence-electron chi connectivity index (χ4n) is 3.13. The number of rotatable bonds is 9. The third kappa shape index (κ3) is 5.17. The van der Waals surface area contributed by atoms with Crippen molar-refractivity contribution in [2.75, 3.05) is 37.5 Å². The molecule has 3 aromatic carbocycles. The van der Waals surface area contributed by atoms with Crippen LogP contribution in [0.5, 0.6) is 17.2 Å². The van der Waals surface area contributed by atoms with Gasteiger partial charge in [-0.1, -0.05) is 24.3 Å². The van der Waals surface area contributed by atoms with Gasteiger partial charge in [0.2, 0.25) is 5.91 Å². The second-order valence-corrected chi connectivity index (χ2v) is 8.59. The summed E-state index contributed by atoms with van der Waals surface area (Å²) in [5.74, 6) is -0.599. The zero-order valence-corrected chi connectivity index (χ0v) is 19.1. The standard InChI is InChI=1S/C23H23FN2O6S/c1-30-20-11-7-5-9-18(20)25-23(27)15-26(19-10-6-4-8-17(19)24)33(28,29)16-12-13-21(31-2)22(14-16)32-3/h4-14H,15H2,1-3H3,(H,25,27). The lowest BCUT2D eigenvalue weighted by Crippen LogP contribution is -2.38. The lowest BCUT2D eigenvalue weighted by molar-refractivity contribution is -0.114. The Kier molecular flexibility index (Phi) is 7.39. The number of hydrogen-bond acceptors (Lipinski definition) is 6. The molecular weight excluding hydrogens is 451 g/mol. The van der Waals surface area contributed by atoms with Crippen LogP contribution < -0.4 is 23.8 Å². The molecule has 0 heterocycles. The summed E-state index contributed by atoms with van der Waals surface area (Å²) in [5.41, 5.74) is 0.0736. The lowest BCUT2D eigenvalue weighted by atomic mass is 10.3. The van der Waals surface area contributed by atoms with Crippen molar-refractivity contribution >= 4 is 27.3 Å². The molecule has 0 saturated carbocycles. The van der Waals surface area contributed by atoms with Gasteiger partial charge in [-0.3, -0.25) is 9.10 Å². The number of anilines is 2. The van der Waals surface area contributed by atoms with E-state index in [1.165, 1.54) is 57.7 Å². The lowest BCUT2D eigenvalue weighted by Gasteiger charge is -2.25. The number of carbonyl (C=O) groups excluding carboxylic acids is 1. The number of ether oxygens (including phenoxy) is 3. The molecule has 33 heavy (non-hydrogen) atoms. The molecule has 0 saturated heterocycles. The topological polar surface area (TPSA) is 94.2 Å². The van der Waals surface area contributed by atoms with Crippen LogP contribution in [0.3, 0.4) is 0 Å². The minimum Gasteiger partial charge on any atom is -0.495 e. The van der Waals surface area contributed by atoms with Crippen LogP contribution >= 0.6 is 0 Å². The zero-order chi connectivity index (χ0) is 24.0. The van der Waals surface area contributed by atoms with Gasteiger partial charge in [-0.05, 0) is 36.4 Å². The van der Waals surface area contributed by atoms with E-state index in [2.05, 4.69) is 5.32 Å². The minimum absolute atomic E-state index is 0.172. The number of hydrogen-bond donors (Lipinski definition) is 1. The van der Waals surface area contributed by atoms with Gasteiger partial charge in [0.05, 0.1) is 37.6 Å². The van der Waals surface area contributed by atoms with Crippen LogP contribution in [0.2, 0.25) is 0 Å². The van der Waals surface area contributed by atoms with E-state index in [1.807, 2.05) is 0 Å². The molecule has 0 atom stereocenters. The fraction of sp³-hybridized carbons (Fsp3) is 0.174. The molecule has 0 radical (unpaired) electrons. The molecule has 0 aromatic heterocycles. The highest BCUT2D eigenvalue weighted by atomic mass is 32.2. The predicted octanol–water partition coefficient (Wildman–Crippen LogP) is 3.69. The first-order valence-corrected chi connectivity index (χ1v) is 11.2. The first kappa shape index (κ1) is 23.9. The molecule has 0 aliphatic rings. The Morgan fingerprint density at radius 1 is 0.879 bits per heavy atom. The van der Waals surface area contributed by atoms with Gasteiger partial charge in [0.1, 0.15) is 18.1 Å². The summed E-state index contributed by atoms with van der Waals surface area (Å²) in [5, 5.41) is 2.61. The first-order valence-electron chi connectivity index (χ1n) is 9.74. The van der Waals surface area contributed by atoms with Gasteiger partial charge in [-0.25, -0.2) is 12.8 Å². The summed E-state index contributed by atoms with van der Waals surface area (Å²) in [4.78, 5) is 12.6. The van der Waals surface area contributed by atoms with Crippen LogP contribution in [0.15, 0.2) is 71.6 Å². The molecule has 0 aliphatic heterocycles. The molecular formula is C23H23FN2O6S. The number of benzene rings is 3. The molecule has 1 amide bonds. The van der Waals surface area contributed by atoms with Gasteiger partial charge in [-0.15, -0.1) is 0 Å². The van der Waals surface area contributed by atoms with Crippen LogP contribution in [0.1, 0.15) is 0 Å². The van der Waals surface area contributed by atoms with Crippen LogP contribution in [-0.4, -0.2) is 42.2 Å². The van der Waals surface area contributed by atoms with Crippen LogP contribution in [0.25, 0.3) is 0 Å². The molecule has 3 rings (SSSR count). The van der Waals surface area contributed by atoms with Crippen molar-refractivity contribution in [1.29, 1.82) is 0 Å². The SMILES string of the molecule is COc1ccccc1NC(=O)CN(c1ccccc1F)S(=O)(=O)c1ccc(OC)c(OC)c1. The molecule has 174 valence electrons. The Morgan fingerprint density at radius 3 is 2.18 bits per heavy atom. The monoisotopic (exact) mass is 474 g/mol. The summed E-state index contributed by atoms with van der Waals surface area (Å²) < 4.78 is 57.9. The average molecular weight is 475 g/mol. The molecule has 0 fully saturated rings. The molecule has 3 aromatic rings. The largest absolute Gasteiger partial charge is 0.495 e. The maximum Gasteiger partial charge on any atom is 0.265 e. The molecule has 8 nitrogen and oxygen atoms in total. The van der Waals surface area contributed by atoms with Gasteiger partial charge in [0, 0.05) is 6.07 Å². The summed E-state index contributed by atoms with van der Waals surface area (Å²) in [7, 11) is -0.148. The summed E-state index contributed by atoms with van der Waals surface area (Å²) in [6.07, 6.45) is 0. The van der Waals surface area contributed by atoms with Crippen molar-refractivity contribution in [3.8, 4) is 17.2 Å². The van der Waals surface area contributed by atoms with E-state index < -0.39 is 28.3 Å². The second-order valence-electron chi connectivity index (χ2n) is 6.73. The molecule has 10 heteroatoms. The van der Waals surface area contributed by atoms with E-state index in [9.17, 15) is 17.6 Å². The fourth-order valence-corrected chi connectivity index (χ4v) is 4.57.